The molecule has 5 aromatic rings. The number of thiophene rings is 1. The second-order valence-corrected chi connectivity index (χ2v) is 10.2. The molecule has 0 saturated heterocycles. The number of benzene rings is 2. The highest BCUT2D eigenvalue weighted by Gasteiger charge is 2.27. The van der Waals surface area contributed by atoms with Gasteiger partial charge in [0.05, 0.1) is 47.1 Å². The van der Waals surface area contributed by atoms with Gasteiger partial charge in [0.2, 0.25) is 0 Å². The van der Waals surface area contributed by atoms with Crippen LogP contribution in [-0.4, -0.2) is 42.0 Å². The van der Waals surface area contributed by atoms with E-state index in [0.717, 1.165) is 22.5 Å². The molecular weight excluding hydrogens is 540 g/mol. The zero-order valence-electron chi connectivity index (χ0n) is 22.8. The number of anilines is 2. The standard InChI is InChI=1S/C31H26N4O5S/c1-17-11-12-22-20(14-17)21(15-24(33-22)19-8-7-13-32-16-19)28(36)35-30-26(31(38)40-4)18(2)27(41-30)29(37)34-23-9-5-6-10-25(23)39-3/h5-16H,1-4H3,(H,34,37)(H,35,36). The predicted molar refractivity (Wildman–Crippen MR) is 159 cm³/mol. The number of methoxy groups -OCH3 is 2. The van der Waals surface area contributed by atoms with Gasteiger partial charge in [0.1, 0.15) is 10.8 Å². The van der Waals surface area contributed by atoms with Crippen molar-refractivity contribution in [1.82, 2.24) is 9.97 Å². The van der Waals surface area contributed by atoms with Crippen molar-refractivity contribution >= 4 is 50.7 Å². The molecule has 0 fully saturated rings. The minimum absolute atomic E-state index is 0.109. The maximum atomic E-state index is 13.8. The number of fused-ring (bicyclic) bond motifs is 1. The molecule has 0 aliphatic heterocycles. The number of ether oxygens (including phenoxy) is 2. The van der Waals surface area contributed by atoms with Gasteiger partial charge in [-0.25, -0.2) is 9.78 Å². The first-order chi connectivity index (χ1) is 19.8. The average molecular weight is 567 g/mol. The van der Waals surface area contributed by atoms with Gasteiger partial charge >= 0.3 is 5.97 Å². The summed E-state index contributed by atoms with van der Waals surface area (Å²) in [6.45, 7) is 3.57. The smallest absolute Gasteiger partial charge is 0.341 e. The molecule has 0 unspecified atom stereocenters. The van der Waals surface area contributed by atoms with Gasteiger partial charge in [-0.05, 0) is 61.9 Å². The van der Waals surface area contributed by atoms with E-state index in [1.807, 2.05) is 31.2 Å². The first kappa shape index (κ1) is 27.5. The van der Waals surface area contributed by atoms with E-state index in [4.69, 9.17) is 14.5 Å². The molecule has 5 rings (SSSR count). The summed E-state index contributed by atoms with van der Waals surface area (Å²) < 4.78 is 10.3. The Kier molecular flexibility index (Phi) is 7.75. The molecule has 2 amide bonds. The van der Waals surface area contributed by atoms with Crippen LogP contribution in [0.4, 0.5) is 10.7 Å². The largest absolute Gasteiger partial charge is 0.495 e. The van der Waals surface area contributed by atoms with E-state index in [9.17, 15) is 14.4 Å². The molecule has 2 aromatic carbocycles. The van der Waals surface area contributed by atoms with Crippen molar-refractivity contribution in [2.45, 2.75) is 13.8 Å². The minimum atomic E-state index is -0.670. The summed E-state index contributed by atoms with van der Waals surface area (Å²) in [4.78, 5) is 49.1. The average Bonchev–Trinajstić information content (AvgIpc) is 3.32. The van der Waals surface area contributed by atoms with Crippen molar-refractivity contribution in [1.29, 1.82) is 0 Å². The van der Waals surface area contributed by atoms with Gasteiger partial charge < -0.3 is 20.1 Å². The van der Waals surface area contributed by atoms with E-state index >= 15 is 0 Å². The summed E-state index contributed by atoms with van der Waals surface area (Å²) >= 11 is 0.991. The van der Waals surface area contributed by atoms with Gasteiger partial charge in [-0.2, -0.15) is 0 Å². The number of carbonyl (C=O) groups excluding carboxylic acids is 3. The summed E-state index contributed by atoms with van der Waals surface area (Å²) in [7, 11) is 2.76. The monoisotopic (exact) mass is 566 g/mol. The van der Waals surface area contributed by atoms with Crippen LogP contribution in [0.3, 0.4) is 0 Å². The Morgan fingerprint density at radius 2 is 1.71 bits per heavy atom. The maximum absolute atomic E-state index is 13.8. The van der Waals surface area contributed by atoms with Crippen LogP contribution in [-0.2, 0) is 4.74 Å². The van der Waals surface area contributed by atoms with Crippen molar-refractivity contribution in [2.24, 2.45) is 0 Å². The van der Waals surface area contributed by atoms with Crippen LogP contribution >= 0.6 is 11.3 Å². The zero-order chi connectivity index (χ0) is 29.1. The van der Waals surface area contributed by atoms with Crippen LogP contribution < -0.4 is 15.4 Å². The molecule has 3 heterocycles. The van der Waals surface area contributed by atoms with Gasteiger partial charge in [-0.3, -0.25) is 14.6 Å². The number of amides is 2. The van der Waals surface area contributed by atoms with Crippen LogP contribution in [0.15, 0.2) is 73.1 Å². The minimum Gasteiger partial charge on any atom is -0.495 e. The van der Waals surface area contributed by atoms with E-state index < -0.39 is 17.8 Å². The van der Waals surface area contributed by atoms with E-state index in [-0.39, 0.29) is 15.4 Å². The molecule has 3 aromatic heterocycles. The zero-order valence-corrected chi connectivity index (χ0v) is 23.6. The molecule has 0 aliphatic carbocycles. The van der Waals surface area contributed by atoms with Crippen LogP contribution in [0, 0.1) is 13.8 Å². The number of carbonyl (C=O) groups is 3. The number of aromatic nitrogens is 2. The topological polar surface area (TPSA) is 120 Å². The third-order valence-corrected chi connectivity index (χ3v) is 7.70. The lowest BCUT2D eigenvalue weighted by molar-refractivity contribution is 0.0601. The maximum Gasteiger partial charge on any atom is 0.341 e. The third kappa shape index (κ3) is 5.50. The van der Waals surface area contributed by atoms with Gasteiger partial charge in [0.15, 0.2) is 0 Å². The van der Waals surface area contributed by atoms with Crippen molar-refractivity contribution in [3.05, 3.63) is 100 Å². The molecule has 0 atom stereocenters. The number of esters is 1. The van der Waals surface area contributed by atoms with Crippen LogP contribution in [0.25, 0.3) is 22.2 Å². The summed E-state index contributed by atoms with van der Waals surface area (Å²) in [5, 5.41) is 6.54. The Labute approximate surface area is 240 Å². The Morgan fingerprint density at radius 1 is 0.902 bits per heavy atom. The molecule has 10 heteroatoms. The predicted octanol–water partition coefficient (Wildman–Crippen LogP) is 6.27. The van der Waals surface area contributed by atoms with Crippen LogP contribution in [0.5, 0.6) is 5.75 Å². The highest BCUT2D eigenvalue weighted by atomic mass is 32.1. The van der Waals surface area contributed by atoms with Crippen molar-refractivity contribution < 1.29 is 23.9 Å². The number of pyridine rings is 2. The fourth-order valence-corrected chi connectivity index (χ4v) is 5.54. The second-order valence-electron chi connectivity index (χ2n) is 9.18. The number of nitrogens with one attached hydrogen (secondary N) is 2. The quantitative estimate of drug-likeness (QED) is 0.223. The number of nitrogens with zero attached hydrogens (tertiary/aromatic N) is 2. The van der Waals surface area contributed by atoms with E-state index in [2.05, 4.69) is 15.6 Å². The van der Waals surface area contributed by atoms with Crippen LogP contribution in [0.1, 0.15) is 41.5 Å². The lowest BCUT2D eigenvalue weighted by Gasteiger charge is -2.11. The molecule has 41 heavy (non-hydrogen) atoms. The SMILES string of the molecule is COC(=O)c1c(NC(=O)c2cc(-c3cccnc3)nc3ccc(C)cc23)sc(C(=O)Nc2ccccc2OC)c1C. The van der Waals surface area contributed by atoms with E-state index in [0.29, 0.717) is 39.2 Å². The Hall–Kier alpha value is -5.09. The molecule has 0 spiro atoms. The number of aryl methyl sites for hydroxylation is 1. The first-order valence-electron chi connectivity index (χ1n) is 12.6. The number of para-hydroxylation sites is 2. The van der Waals surface area contributed by atoms with Gasteiger partial charge in [-0.1, -0.05) is 23.8 Å². The number of rotatable bonds is 7. The van der Waals surface area contributed by atoms with Crippen molar-refractivity contribution in [2.75, 3.05) is 24.9 Å². The Bertz CT molecular complexity index is 1800. The molecule has 0 bridgehead atoms. The lowest BCUT2D eigenvalue weighted by atomic mass is 10.0. The Balaban J connectivity index is 1.56. The Morgan fingerprint density at radius 3 is 2.44 bits per heavy atom. The fraction of sp³-hybridized carbons (Fsp3) is 0.129. The fourth-order valence-electron chi connectivity index (χ4n) is 4.45. The van der Waals surface area contributed by atoms with Gasteiger partial charge in [0, 0.05) is 23.3 Å². The third-order valence-electron chi connectivity index (χ3n) is 6.49. The van der Waals surface area contributed by atoms with Gasteiger partial charge in [0.25, 0.3) is 11.8 Å². The summed E-state index contributed by atoms with van der Waals surface area (Å²) in [5.41, 5.74) is 4.25. The summed E-state index contributed by atoms with van der Waals surface area (Å²) in [6.07, 6.45) is 3.34. The molecule has 0 saturated carbocycles. The molecular formula is C31H26N4O5S. The molecule has 206 valence electrons. The van der Waals surface area contributed by atoms with E-state index in [1.165, 1.54) is 14.2 Å². The van der Waals surface area contributed by atoms with Crippen molar-refractivity contribution in [3.63, 3.8) is 0 Å². The van der Waals surface area contributed by atoms with Crippen LogP contribution in [0.2, 0.25) is 0 Å². The second kappa shape index (κ2) is 11.6. The first-order valence-corrected chi connectivity index (χ1v) is 13.4. The highest BCUT2D eigenvalue weighted by molar-refractivity contribution is 7.19. The number of hydrogen-bond donors (Lipinski definition) is 2. The summed E-state index contributed by atoms with van der Waals surface area (Å²) in [6, 6.07) is 18.0. The highest BCUT2D eigenvalue weighted by Crippen LogP contribution is 2.36. The van der Waals surface area contributed by atoms with Crippen molar-refractivity contribution in [3.8, 4) is 17.0 Å². The van der Waals surface area contributed by atoms with E-state index in [1.54, 1.807) is 55.7 Å². The molecule has 0 radical (unpaired) electrons. The summed E-state index contributed by atoms with van der Waals surface area (Å²) in [5.74, 6) is -1.10. The molecule has 2 N–H and O–H groups in total. The lowest BCUT2D eigenvalue weighted by Crippen LogP contribution is -2.15. The molecule has 0 aliphatic rings. The van der Waals surface area contributed by atoms with Gasteiger partial charge in [-0.15, -0.1) is 11.3 Å². The normalized spacial score (nSPS) is 10.7. The number of hydrogen-bond acceptors (Lipinski definition) is 8. The molecule has 9 nitrogen and oxygen atoms in total.